The minimum absolute atomic E-state index is 0. The molecule has 5 aromatic carbocycles. The molecule has 0 N–H and O–H groups in total. The quantitative estimate of drug-likeness (QED) is 0.0484. The van der Waals surface area contributed by atoms with Crippen LogP contribution in [0.5, 0.6) is 0 Å². The molecule has 6 heterocycles. The molecule has 6 saturated heterocycles. The molecule has 3 unspecified atom stereocenters. The van der Waals surface area contributed by atoms with Crippen molar-refractivity contribution < 1.29 is 65.4 Å². The predicted molar refractivity (Wildman–Crippen MR) is 510 cm³/mol. The first-order chi connectivity index (χ1) is 60.4. The SMILES string of the molecule is CC(=O)N1CCN(C2CCCC[C@@H]2OCCc2ccc(Cl)c(Cl)c2)CC1.Cl.Cl.Cl.FC(F)(F)c1ccccc1CCO[C@H]1CCCC[C@H]1N1CCOCC1.O=C1CCN(C2CCCC[C@@H]2OCCc2c(Cl)cccc2Cl)C1.O=C1CCN([C@@H]2CCCC[C@@H]2OCCCC2CCCCC2)C1.c1ccc2c(CCO[C@H]3CCCCC3N3CCC4(C3)OCCO4)cccc2c1. The summed E-state index contributed by atoms with van der Waals surface area (Å²) in [7, 11) is 0. The molecule has 127 heavy (non-hydrogen) atoms. The monoisotopic (exact) mass is 1910 g/mol. The summed E-state index contributed by atoms with van der Waals surface area (Å²) >= 11 is 24.5. The van der Waals surface area contributed by atoms with E-state index in [-0.39, 0.29) is 67.2 Å². The second kappa shape index (κ2) is 54.9. The fourth-order valence-corrected chi connectivity index (χ4v) is 22.7. The van der Waals surface area contributed by atoms with E-state index in [1.54, 1.807) is 19.1 Å². The lowest BCUT2D eigenvalue weighted by atomic mass is 9.86. The number of halogens is 10. The molecular formula is C100H144Cl7F3N6O11. The van der Waals surface area contributed by atoms with Crippen LogP contribution in [0.25, 0.3) is 10.8 Å². The third kappa shape index (κ3) is 32.1. The first-order valence-corrected chi connectivity index (χ1v) is 49.3. The van der Waals surface area contributed by atoms with E-state index in [1.165, 1.54) is 157 Å². The standard InChI is InChI=1S/C24H31NO3.C20H28Cl2N2O2.C19H26F3NO2.C19H33NO2.C18H23Cl2NO2.3ClH/c1-2-9-21-19(6-1)7-5-8-20(21)12-15-26-23-11-4-3-10-22(23)25-14-13-24(18-25)27-16-17-28-24;1-15(25)23-9-11-24(12-10-23)19-4-2-3-5-20(19)26-13-8-16-6-7-17(21)18(22)14-16;20-19(21,22)16-6-2-1-5-15(16)9-12-25-18-8-4-3-7-17(18)23-10-13-24-14-11-23;21-17-12-13-20(15-17)18-10-4-5-11-19(18)22-14-6-9-16-7-2-1-3-8-16;19-15-4-3-5-16(20)14(15)9-11-23-18-7-2-1-6-17(18)21-10-8-13(22)12-21;;;/h1-2,5-9,22-23H,3-4,10-18H2;6-7,14,19-20H,2-5,8-13H2,1H3;1-2,5-6,17-18H,3-4,7-14H2;16,18-19H,1-15H2;3-5,17-18H,1-2,6-12H2;3*1H/t22?,23-;19?,20-;17-,18+;18-,19+;17?,18-;;;/m00110.../s1. The molecule has 6 aliphatic heterocycles. The number of morpholine rings is 1. The summed E-state index contributed by atoms with van der Waals surface area (Å²) < 4.78 is 87.8. The largest absolute Gasteiger partial charge is 0.416 e. The van der Waals surface area contributed by atoms with Gasteiger partial charge in [0, 0.05) is 132 Å². The number of rotatable bonds is 26. The van der Waals surface area contributed by atoms with E-state index in [0.717, 1.165) is 199 Å². The average Bonchev–Trinajstić information content (AvgIpc) is 1.64. The summed E-state index contributed by atoms with van der Waals surface area (Å²) in [5.41, 5.74) is 3.26. The van der Waals surface area contributed by atoms with Crippen LogP contribution in [-0.2, 0) is 84.1 Å². The highest BCUT2D eigenvalue weighted by Gasteiger charge is 2.47. The highest BCUT2D eigenvalue weighted by atomic mass is 35.5. The Morgan fingerprint density at radius 2 is 0.882 bits per heavy atom. The van der Waals surface area contributed by atoms with Crippen LogP contribution in [0, 0.1) is 5.92 Å². The molecule has 27 heteroatoms. The summed E-state index contributed by atoms with van der Waals surface area (Å²) in [6, 6.07) is 34.6. The maximum Gasteiger partial charge on any atom is 0.416 e. The van der Waals surface area contributed by atoms with E-state index in [2.05, 4.69) is 67.0 Å². The highest BCUT2D eigenvalue weighted by Crippen LogP contribution is 2.40. The first-order valence-electron chi connectivity index (χ1n) is 47.8. The van der Waals surface area contributed by atoms with Crippen molar-refractivity contribution in [1.29, 1.82) is 0 Å². The van der Waals surface area contributed by atoms with Crippen molar-refractivity contribution in [3.63, 3.8) is 0 Å². The Balaban J connectivity index is 0.000000165. The van der Waals surface area contributed by atoms with Crippen molar-refractivity contribution in [3.8, 4) is 0 Å². The van der Waals surface area contributed by atoms with Gasteiger partial charge >= 0.3 is 6.18 Å². The lowest BCUT2D eigenvalue weighted by Crippen LogP contribution is -2.55. The van der Waals surface area contributed by atoms with Gasteiger partial charge in [0.05, 0.1) is 119 Å². The molecule has 1 amide bonds. The van der Waals surface area contributed by atoms with E-state index < -0.39 is 11.7 Å². The number of carbonyl (C=O) groups is 3. The molecule has 12 aliphatic rings. The molecule has 0 bridgehead atoms. The van der Waals surface area contributed by atoms with Gasteiger partial charge in [-0.05, 0) is 172 Å². The second-order valence-corrected chi connectivity index (χ2v) is 38.4. The van der Waals surface area contributed by atoms with E-state index in [4.69, 9.17) is 84.3 Å². The minimum atomic E-state index is -4.31. The number of ether oxygens (including phenoxy) is 8. The molecule has 6 saturated carbocycles. The highest BCUT2D eigenvalue weighted by molar-refractivity contribution is 6.42. The van der Waals surface area contributed by atoms with Crippen molar-refractivity contribution >= 4 is 112 Å². The van der Waals surface area contributed by atoms with Gasteiger partial charge in [0.1, 0.15) is 11.6 Å². The summed E-state index contributed by atoms with van der Waals surface area (Å²) in [6.07, 6.45) is 36.0. The second-order valence-electron chi connectivity index (χ2n) is 36.7. The molecule has 12 fully saturated rings. The molecule has 710 valence electrons. The molecule has 6 aliphatic carbocycles. The number of piperazine rings is 1. The molecule has 0 radical (unpaired) electrons. The number of carbonyl (C=O) groups excluding carboxylic acids is 3. The molecular weight excluding hydrogens is 1770 g/mol. The van der Waals surface area contributed by atoms with Crippen LogP contribution in [0.1, 0.15) is 227 Å². The third-order valence-corrected chi connectivity index (χ3v) is 30.0. The van der Waals surface area contributed by atoms with Gasteiger partial charge in [-0.3, -0.25) is 38.9 Å². The van der Waals surface area contributed by atoms with E-state index in [1.807, 2.05) is 41.3 Å². The van der Waals surface area contributed by atoms with Crippen molar-refractivity contribution in [2.45, 2.75) is 298 Å². The van der Waals surface area contributed by atoms with Crippen LogP contribution < -0.4 is 0 Å². The van der Waals surface area contributed by atoms with Crippen LogP contribution in [0.2, 0.25) is 20.1 Å². The van der Waals surface area contributed by atoms with Gasteiger partial charge in [0.15, 0.2) is 5.79 Å². The van der Waals surface area contributed by atoms with Crippen molar-refractivity contribution in [2.24, 2.45) is 5.92 Å². The molecule has 0 aromatic heterocycles. The van der Waals surface area contributed by atoms with Crippen molar-refractivity contribution in [1.82, 2.24) is 29.4 Å². The van der Waals surface area contributed by atoms with Gasteiger partial charge in [-0.1, -0.05) is 216 Å². The number of hydrogen-bond acceptors (Lipinski definition) is 16. The number of hydrogen-bond donors (Lipinski definition) is 0. The fourth-order valence-electron chi connectivity index (χ4n) is 21.7. The number of benzene rings is 5. The van der Waals surface area contributed by atoms with Gasteiger partial charge < -0.3 is 42.8 Å². The lowest BCUT2D eigenvalue weighted by Gasteiger charge is -2.43. The van der Waals surface area contributed by atoms with Gasteiger partial charge in [-0.2, -0.15) is 13.2 Å². The Bertz CT molecular complexity index is 4040. The summed E-state index contributed by atoms with van der Waals surface area (Å²) in [5, 5.41) is 5.26. The van der Waals surface area contributed by atoms with Gasteiger partial charge in [0.25, 0.3) is 0 Å². The van der Waals surface area contributed by atoms with Crippen molar-refractivity contribution in [2.75, 3.05) is 138 Å². The summed E-state index contributed by atoms with van der Waals surface area (Å²) in [5.74, 6) is 1.60. The molecule has 17 nitrogen and oxygen atoms in total. The summed E-state index contributed by atoms with van der Waals surface area (Å²) in [6.45, 7) is 18.5. The van der Waals surface area contributed by atoms with Crippen LogP contribution in [0.15, 0.2) is 103 Å². The number of fused-ring (bicyclic) bond motifs is 1. The predicted octanol–water partition coefficient (Wildman–Crippen LogP) is 21.4. The van der Waals surface area contributed by atoms with Gasteiger partial charge in [-0.25, -0.2) is 0 Å². The zero-order valence-corrected chi connectivity index (χ0v) is 80.6. The third-order valence-electron chi connectivity index (χ3n) is 28.5. The smallest absolute Gasteiger partial charge is 0.379 e. The van der Waals surface area contributed by atoms with Crippen molar-refractivity contribution in [3.05, 3.63) is 151 Å². The van der Waals surface area contributed by atoms with E-state index in [0.29, 0.717) is 125 Å². The zero-order chi connectivity index (χ0) is 86.5. The fraction of sp³-hybridized carbons (Fsp3) is 0.690. The van der Waals surface area contributed by atoms with E-state index in [9.17, 15) is 27.6 Å². The zero-order valence-electron chi connectivity index (χ0n) is 75.1. The lowest BCUT2D eigenvalue weighted by molar-refractivity contribution is -0.150. The van der Waals surface area contributed by atoms with E-state index >= 15 is 0 Å². The molecule has 1 spiro atoms. The van der Waals surface area contributed by atoms with Crippen LogP contribution in [-0.4, -0.2) is 251 Å². The number of likely N-dealkylation sites (tertiary alicyclic amines) is 3. The van der Waals surface area contributed by atoms with Gasteiger partial charge in [0.2, 0.25) is 5.91 Å². The maximum atomic E-state index is 13.1. The topological polar surface area (TPSA) is 144 Å². The minimum Gasteiger partial charge on any atom is -0.379 e. The number of alkyl halides is 3. The van der Waals surface area contributed by atoms with Crippen LogP contribution in [0.4, 0.5) is 13.2 Å². The Hall–Kier alpha value is -3.53. The molecule has 5 aromatic rings. The molecule has 10 atom stereocenters. The Labute approximate surface area is 794 Å². The first kappa shape index (κ1) is 106. The van der Waals surface area contributed by atoms with Crippen LogP contribution >= 0.6 is 83.6 Å². The number of amides is 1. The number of Topliss-reactive ketones (excluding diaryl/α,β-unsaturated/α-hetero) is 2. The normalized spacial score (nSPS) is 26.4. The summed E-state index contributed by atoms with van der Waals surface area (Å²) in [4.78, 5) is 48.8. The number of nitrogens with zero attached hydrogens (tertiary/aromatic N) is 6. The number of ketones is 2. The average molecular weight is 1910 g/mol. The van der Waals surface area contributed by atoms with Crippen LogP contribution in [0.3, 0.4) is 0 Å². The Morgan fingerprint density at radius 3 is 1.41 bits per heavy atom. The Kier molecular flexibility index (Phi) is 45.6. The maximum absolute atomic E-state index is 13.1. The van der Waals surface area contributed by atoms with Gasteiger partial charge in [-0.15, -0.1) is 37.2 Å². The molecule has 17 rings (SSSR count). The Morgan fingerprint density at radius 1 is 0.433 bits per heavy atom.